The van der Waals surface area contributed by atoms with Crippen LogP contribution in [0.3, 0.4) is 0 Å². The van der Waals surface area contributed by atoms with Crippen molar-refractivity contribution in [3.63, 3.8) is 0 Å². The number of nitrogens with two attached hydrogens (primary N) is 1. The van der Waals surface area contributed by atoms with E-state index in [2.05, 4.69) is 15.2 Å². The second-order valence-corrected chi connectivity index (χ2v) is 6.86. The van der Waals surface area contributed by atoms with E-state index in [1.807, 2.05) is 27.7 Å². The van der Waals surface area contributed by atoms with Gasteiger partial charge < -0.3 is 15.5 Å². The molecular formula is C17H30N4O2. The molecule has 1 aromatic rings. The number of aryl methyl sites for hydroxylation is 2. The highest BCUT2D eigenvalue weighted by molar-refractivity contribution is 5.78. The van der Waals surface area contributed by atoms with Crippen molar-refractivity contribution in [2.24, 2.45) is 17.6 Å². The number of aromatic nitrogens is 1. The molecule has 2 unspecified atom stereocenters. The molecule has 0 saturated carbocycles. The Hall–Kier alpha value is -1.40. The number of carbonyl (C=O) groups is 1. The van der Waals surface area contributed by atoms with E-state index in [4.69, 9.17) is 10.2 Å². The third kappa shape index (κ3) is 5.04. The molecule has 0 radical (unpaired) electrons. The molecule has 6 nitrogen and oxygen atoms in total. The Bertz CT molecular complexity index is 499. The van der Waals surface area contributed by atoms with Crippen molar-refractivity contribution in [1.29, 1.82) is 0 Å². The Kier molecular flexibility index (Phi) is 6.18. The second-order valence-electron chi connectivity index (χ2n) is 6.86. The van der Waals surface area contributed by atoms with E-state index in [0.717, 1.165) is 56.4 Å². The van der Waals surface area contributed by atoms with Crippen LogP contribution < -0.4 is 11.1 Å². The van der Waals surface area contributed by atoms with E-state index >= 15 is 0 Å². The molecule has 0 aliphatic carbocycles. The zero-order chi connectivity index (χ0) is 17.0. The summed E-state index contributed by atoms with van der Waals surface area (Å²) in [5.41, 5.74) is 6.74. The van der Waals surface area contributed by atoms with Gasteiger partial charge in [-0.1, -0.05) is 6.92 Å². The molecule has 1 fully saturated rings. The van der Waals surface area contributed by atoms with Crippen LogP contribution >= 0.6 is 0 Å². The first kappa shape index (κ1) is 17.9. The summed E-state index contributed by atoms with van der Waals surface area (Å²) in [6.45, 7) is 11.2. The number of hydrogen-bond acceptors (Lipinski definition) is 5. The normalized spacial score (nSPS) is 19.5. The van der Waals surface area contributed by atoms with Crippen molar-refractivity contribution < 1.29 is 9.21 Å². The van der Waals surface area contributed by atoms with Crippen molar-refractivity contribution in [3.05, 3.63) is 17.3 Å². The van der Waals surface area contributed by atoms with Gasteiger partial charge in [0.2, 0.25) is 11.8 Å². The van der Waals surface area contributed by atoms with Gasteiger partial charge in [0.15, 0.2) is 0 Å². The highest BCUT2D eigenvalue weighted by atomic mass is 16.4. The molecule has 1 saturated heterocycles. The minimum atomic E-state index is -0.133. The van der Waals surface area contributed by atoms with Crippen molar-refractivity contribution in [2.75, 3.05) is 19.6 Å². The van der Waals surface area contributed by atoms with Crippen LogP contribution in [0.25, 0.3) is 0 Å². The minimum absolute atomic E-state index is 0.0631. The Morgan fingerprint density at radius 3 is 2.57 bits per heavy atom. The average Bonchev–Trinajstić information content (AvgIpc) is 2.83. The van der Waals surface area contributed by atoms with E-state index in [-0.39, 0.29) is 17.9 Å². The third-order valence-corrected chi connectivity index (χ3v) is 4.91. The maximum Gasteiger partial charge on any atom is 0.224 e. The Balaban J connectivity index is 1.70. The Morgan fingerprint density at radius 1 is 1.39 bits per heavy atom. The number of likely N-dealkylation sites (tertiary alicyclic amines) is 1. The number of hydrogen-bond donors (Lipinski definition) is 2. The summed E-state index contributed by atoms with van der Waals surface area (Å²) in [6.07, 6.45) is 2.18. The smallest absolute Gasteiger partial charge is 0.224 e. The summed E-state index contributed by atoms with van der Waals surface area (Å²) in [4.78, 5) is 18.8. The van der Waals surface area contributed by atoms with Gasteiger partial charge >= 0.3 is 0 Å². The molecule has 2 atom stereocenters. The summed E-state index contributed by atoms with van der Waals surface area (Å²) in [5.74, 6) is 2.18. The zero-order valence-corrected chi connectivity index (χ0v) is 14.8. The van der Waals surface area contributed by atoms with Crippen LogP contribution in [0, 0.1) is 25.7 Å². The molecule has 0 spiro atoms. The molecule has 1 amide bonds. The summed E-state index contributed by atoms with van der Waals surface area (Å²) in [6, 6.07) is -0.107. The molecule has 1 aromatic heterocycles. The highest BCUT2D eigenvalue weighted by Crippen LogP contribution is 2.19. The molecule has 0 aromatic carbocycles. The van der Waals surface area contributed by atoms with Gasteiger partial charge in [-0.2, -0.15) is 0 Å². The Labute approximate surface area is 138 Å². The predicted molar refractivity (Wildman–Crippen MR) is 89.8 cm³/mol. The van der Waals surface area contributed by atoms with Crippen LogP contribution in [0.1, 0.15) is 44.0 Å². The minimum Gasteiger partial charge on any atom is -0.444 e. The van der Waals surface area contributed by atoms with Gasteiger partial charge in [0.25, 0.3) is 0 Å². The molecule has 23 heavy (non-hydrogen) atoms. The van der Waals surface area contributed by atoms with Crippen LogP contribution in [-0.2, 0) is 11.3 Å². The number of oxazole rings is 1. The van der Waals surface area contributed by atoms with Crippen LogP contribution in [0.4, 0.5) is 0 Å². The van der Waals surface area contributed by atoms with Crippen LogP contribution in [0.15, 0.2) is 4.42 Å². The predicted octanol–water partition coefficient (Wildman–Crippen LogP) is 1.60. The average molecular weight is 322 g/mol. The summed E-state index contributed by atoms with van der Waals surface area (Å²) in [5, 5.41) is 3.04. The lowest BCUT2D eigenvalue weighted by molar-refractivity contribution is -0.125. The quantitative estimate of drug-likeness (QED) is 0.831. The van der Waals surface area contributed by atoms with E-state index in [0.29, 0.717) is 5.92 Å². The largest absolute Gasteiger partial charge is 0.444 e. The van der Waals surface area contributed by atoms with E-state index in [9.17, 15) is 4.79 Å². The number of carbonyl (C=O) groups excluding carboxylic acids is 1. The maximum atomic E-state index is 11.9. The monoisotopic (exact) mass is 322 g/mol. The third-order valence-electron chi connectivity index (χ3n) is 4.91. The van der Waals surface area contributed by atoms with Crippen molar-refractivity contribution >= 4 is 5.91 Å². The fourth-order valence-electron chi connectivity index (χ4n) is 2.79. The van der Waals surface area contributed by atoms with E-state index in [1.54, 1.807) is 0 Å². The number of piperidine rings is 1. The van der Waals surface area contributed by atoms with Crippen molar-refractivity contribution in [3.8, 4) is 0 Å². The number of rotatable bonds is 6. The molecule has 1 aliphatic heterocycles. The Morgan fingerprint density at radius 2 is 2.04 bits per heavy atom. The summed E-state index contributed by atoms with van der Waals surface area (Å²) in [7, 11) is 0. The van der Waals surface area contributed by atoms with Gasteiger partial charge in [-0.25, -0.2) is 4.98 Å². The SMILES string of the molecule is Cc1nc(CN2CCC(CNC(=O)C(C)C(C)N)CC2)oc1C. The van der Waals surface area contributed by atoms with Gasteiger partial charge in [-0.15, -0.1) is 0 Å². The fourth-order valence-corrected chi connectivity index (χ4v) is 2.79. The summed E-state index contributed by atoms with van der Waals surface area (Å²) < 4.78 is 5.65. The molecule has 0 bridgehead atoms. The molecule has 130 valence electrons. The topological polar surface area (TPSA) is 84.4 Å². The van der Waals surface area contributed by atoms with Gasteiger partial charge in [0.05, 0.1) is 12.2 Å². The number of amides is 1. The second kappa shape index (κ2) is 7.93. The lowest BCUT2D eigenvalue weighted by Gasteiger charge is -2.31. The maximum absolute atomic E-state index is 11.9. The lowest BCUT2D eigenvalue weighted by Crippen LogP contribution is -2.42. The van der Waals surface area contributed by atoms with Crippen LogP contribution in [0.2, 0.25) is 0 Å². The molecular weight excluding hydrogens is 292 g/mol. The standard InChI is InChI=1S/C17H30N4O2/c1-11(12(2)18)17(22)19-9-15-5-7-21(8-6-15)10-16-20-13(3)14(4)23-16/h11-12,15H,5-10,18H2,1-4H3,(H,19,22). The van der Waals surface area contributed by atoms with Gasteiger partial charge in [-0.05, 0) is 52.6 Å². The zero-order valence-electron chi connectivity index (χ0n) is 14.8. The number of nitrogens with zero attached hydrogens (tertiary/aromatic N) is 2. The first-order chi connectivity index (χ1) is 10.9. The van der Waals surface area contributed by atoms with Crippen molar-refractivity contribution in [2.45, 2.75) is 53.1 Å². The van der Waals surface area contributed by atoms with Crippen LogP contribution in [0.5, 0.6) is 0 Å². The van der Waals surface area contributed by atoms with Gasteiger partial charge in [0.1, 0.15) is 5.76 Å². The van der Waals surface area contributed by atoms with E-state index in [1.165, 1.54) is 0 Å². The number of nitrogens with one attached hydrogen (secondary N) is 1. The molecule has 1 aliphatic rings. The first-order valence-electron chi connectivity index (χ1n) is 8.55. The highest BCUT2D eigenvalue weighted by Gasteiger charge is 2.23. The van der Waals surface area contributed by atoms with Gasteiger partial charge in [-0.3, -0.25) is 9.69 Å². The van der Waals surface area contributed by atoms with Crippen molar-refractivity contribution in [1.82, 2.24) is 15.2 Å². The molecule has 2 rings (SSSR count). The summed E-state index contributed by atoms with van der Waals surface area (Å²) >= 11 is 0. The van der Waals surface area contributed by atoms with Crippen LogP contribution in [-0.4, -0.2) is 41.5 Å². The van der Waals surface area contributed by atoms with Gasteiger partial charge in [0, 0.05) is 18.5 Å². The molecule has 6 heteroatoms. The van der Waals surface area contributed by atoms with E-state index < -0.39 is 0 Å². The fraction of sp³-hybridized carbons (Fsp3) is 0.765. The molecule has 2 heterocycles. The first-order valence-corrected chi connectivity index (χ1v) is 8.55. The lowest BCUT2D eigenvalue weighted by atomic mass is 9.96. The molecule has 3 N–H and O–H groups in total.